The molecule has 2 atom stereocenters. The van der Waals surface area contributed by atoms with E-state index in [0.29, 0.717) is 12.8 Å². The summed E-state index contributed by atoms with van der Waals surface area (Å²) in [6, 6.07) is 5.68. The second-order valence-corrected chi connectivity index (χ2v) is 4.67. The lowest BCUT2D eigenvalue weighted by Crippen LogP contribution is -2.44. The fraction of sp³-hybridized carbons (Fsp3) is 0.429. The molecule has 1 aromatic carbocycles. The van der Waals surface area contributed by atoms with Gasteiger partial charge >= 0.3 is 5.97 Å². The molecule has 1 amide bonds. The maximum absolute atomic E-state index is 11.8. The summed E-state index contributed by atoms with van der Waals surface area (Å²) < 4.78 is 0. The molecular formula is C14H20N2O4. The van der Waals surface area contributed by atoms with Gasteiger partial charge in [-0.15, -0.1) is 0 Å². The van der Waals surface area contributed by atoms with Crippen molar-refractivity contribution in [2.24, 2.45) is 11.7 Å². The van der Waals surface area contributed by atoms with Crippen LogP contribution < -0.4 is 11.1 Å². The Morgan fingerprint density at radius 1 is 1.30 bits per heavy atom. The molecule has 6 nitrogen and oxygen atoms in total. The van der Waals surface area contributed by atoms with Crippen LogP contribution in [0, 0.1) is 5.92 Å². The molecule has 0 fully saturated rings. The van der Waals surface area contributed by atoms with Crippen molar-refractivity contribution in [2.75, 3.05) is 6.54 Å². The van der Waals surface area contributed by atoms with Crippen LogP contribution in [0.5, 0.6) is 5.75 Å². The van der Waals surface area contributed by atoms with Crippen LogP contribution in [0.15, 0.2) is 24.3 Å². The second kappa shape index (κ2) is 7.49. The molecule has 0 saturated carbocycles. The predicted molar refractivity (Wildman–Crippen MR) is 74.2 cm³/mol. The lowest BCUT2D eigenvalue weighted by Gasteiger charge is -2.15. The molecule has 0 aliphatic carbocycles. The lowest BCUT2D eigenvalue weighted by molar-refractivity contribution is -0.141. The number of phenols is 1. The number of carbonyl (C=O) groups is 2. The molecule has 1 unspecified atom stereocenters. The summed E-state index contributed by atoms with van der Waals surface area (Å²) in [7, 11) is 0. The van der Waals surface area contributed by atoms with E-state index in [-0.39, 0.29) is 18.2 Å². The Morgan fingerprint density at radius 3 is 2.40 bits per heavy atom. The van der Waals surface area contributed by atoms with Gasteiger partial charge in [0.25, 0.3) is 0 Å². The normalized spacial score (nSPS) is 13.5. The van der Waals surface area contributed by atoms with E-state index >= 15 is 0 Å². The largest absolute Gasteiger partial charge is 0.508 e. The minimum absolute atomic E-state index is 0.0773. The molecule has 0 aromatic heterocycles. The third kappa shape index (κ3) is 4.89. The molecule has 0 heterocycles. The highest BCUT2D eigenvalue weighted by atomic mass is 16.4. The van der Waals surface area contributed by atoms with Gasteiger partial charge in [0.2, 0.25) is 5.91 Å². The van der Waals surface area contributed by atoms with Crippen LogP contribution in [0.3, 0.4) is 0 Å². The number of carbonyl (C=O) groups excluding carboxylic acids is 1. The second-order valence-electron chi connectivity index (χ2n) is 4.67. The van der Waals surface area contributed by atoms with Crippen LogP contribution >= 0.6 is 0 Å². The smallest absolute Gasteiger partial charge is 0.308 e. The number of carboxylic acid groups (broad SMARTS) is 1. The number of phenolic OH excluding ortho intramolecular Hbond substituents is 1. The van der Waals surface area contributed by atoms with Crippen LogP contribution in [0.4, 0.5) is 0 Å². The number of nitrogens with one attached hydrogen (secondary N) is 1. The van der Waals surface area contributed by atoms with Crippen molar-refractivity contribution in [3.8, 4) is 5.75 Å². The highest BCUT2D eigenvalue weighted by Crippen LogP contribution is 2.11. The Balaban J connectivity index is 2.46. The van der Waals surface area contributed by atoms with Gasteiger partial charge in [-0.1, -0.05) is 19.1 Å². The topological polar surface area (TPSA) is 113 Å². The first-order chi connectivity index (χ1) is 9.43. The molecule has 0 radical (unpaired) electrons. The number of aromatic hydroxyl groups is 1. The first-order valence-corrected chi connectivity index (χ1v) is 6.48. The Hall–Kier alpha value is -2.08. The Morgan fingerprint density at radius 2 is 1.90 bits per heavy atom. The molecule has 5 N–H and O–H groups in total. The zero-order valence-electron chi connectivity index (χ0n) is 11.4. The van der Waals surface area contributed by atoms with Crippen LogP contribution in [0.2, 0.25) is 0 Å². The summed E-state index contributed by atoms with van der Waals surface area (Å²) in [6.45, 7) is 1.83. The first kappa shape index (κ1) is 16.0. The van der Waals surface area contributed by atoms with E-state index in [1.54, 1.807) is 19.1 Å². The molecule has 0 aliphatic rings. The molecule has 1 aromatic rings. The van der Waals surface area contributed by atoms with Crippen molar-refractivity contribution in [1.82, 2.24) is 5.32 Å². The quantitative estimate of drug-likeness (QED) is 0.580. The lowest BCUT2D eigenvalue weighted by atomic mass is 10.0. The fourth-order valence-corrected chi connectivity index (χ4v) is 1.74. The predicted octanol–water partition coefficient (Wildman–Crippen LogP) is 0.489. The van der Waals surface area contributed by atoms with Crippen LogP contribution in [-0.2, 0) is 16.0 Å². The van der Waals surface area contributed by atoms with Crippen molar-refractivity contribution < 1.29 is 19.8 Å². The maximum Gasteiger partial charge on any atom is 0.308 e. The third-order valence-electron chi connectivity index (χ3n) is 3.09. The number of amides is 1. The van der Waals surface area contributed by atoms with Crippen molar-refractivity contribution in [2.45, 2.75) is 25.8 Å². The van der Waals surface area contributed by atoms with E-state index in [1.165, 1.54) is 12.1 Å². The number of hydrogen-bond acceptors (Lipinski definition) is 4. The Kier molecular flexibility index (Phi) is 5.99. The number of nitrogens with two attached hydrogens (primary N) is 1. The van der Waals surface area contributed by atoms with Gasteiger partial charge < -0.3 is 21.3 Å². The number of carboxylic acids is 1. The van der Waals surface area contributed by atoms with Gasteiger partial charge in [-0.3, -0.25) is 9.59 Å². The minimum Gasteiger partial charge on any atom is -0.508 e. The molecule has 0 bridgehead atoms. The monoisotopic (exact) mass is 280 g/mol. The van der Waals surface area contributed by atoms with E-state index in [2.05, 4.69) is 5.32 Å². The Bertz CT molecular complexity index is 459. The van der Waals surface area contributed by atoms with Crippen LogP contribution in [-0.4, -0.2) is 34.7 Å². The summed E-state index contributed by atoms with van der Waals surface area (Å²) >= 11 is 0. The summed E-state index contributed by atoms with van der Waals surface area (Å²) in [5, 5.41) is 20.6. The summed E-state index contributed by atoms with van der Waals surface area (Å²) in [5.74, 6) is -1.75. The van der Waals surface area contributed by atoms with Crippen LogP contribution in [0.25, 0.3) is 0 Å². The molecule has 0 saturated heterocycles. The standard InChI is InChI=1S/C14H20N2O4/c1-2-10(14(19)20)8-16-13(18)12(15)7-9-3-5-11(17)6-4-9/h3-6,10,12,17H,2,7-8,15H2,1H3,(H,16,18)(H,19,20)/t10?,12-/m0/s1. The van der Waals surface area contributed by atoms with Crippen molar-refractivity contribution in [3.05, 3.63) is 29.8 Å². The highest BCUT2D eigenvalue weighted by molar-refractivity contribution is 5.82. The molecule has 110 valence electrons. The van der Waals surface area contributed by atoms with E-state index in [4.69, 9.17) is 15.9 Å². The van der Waals surface area contributed by atoms with Crippen molar-refractivity contribution >= 4 is 11.9 Å². The van der Waals surface area contributed by atoms with E-state index < -0.39 is 17.9 Å². The number of aliphatic carboxylic acids is 1. The minimum atomic E-state index is -0.931. The zero-order chi connectivity index (χ0) is 15.1. The fourth-order valence-electron chi connectivity index (χ4n) is 1.74. The average molecular weight is 280 g/mol. The van der Waals surface area contributed by atoms with Gasteiger partial charge in [0.05, 0.1) is 12.0 Å². The number of rotatable bonds is 7. The van der Waals surface area contributed by atoms with E-state index in [0.717, 1.165) is 5.56 Å². The third-order valence-corrected chi connectivity index (χ3v) is 3.09. The summed E-state index contributed by atoms with van der Waals surface area (Å²) in [4.78, 5) is 22.6. The summed E-state index contributed by atoms with van der Waals surface area (Å²) in [5.41, 5.74) is 6.60. The zero-order valence-corrected chi connectivity index (χ0v) is 11.4. The maximum atomic E-state index is 11.8. The van der Waals surface area contributed by atoms with Crippen molar-refractivity contribution in [3.63, 3.8) is 0 Å². The SMILES string of the molecule is CCC(CNC(=O)[C@@H](N)Cc1ccc(O)cc1)C(=O)O. The van der Waals surface area contributed by atoms with Gasteiger partial charge in [-0.25, -0.2) is 0 Å². The van der Waals surface area contributed by atoms with Crippen LogP contribution in [0.1, 0.15) is 18.9 Å². The Labute approximate surface area is 117 Å². The van der Waals surface area contributed by atoms with Gasteiger partial charge in [-0.2, -0.15) is 0 Å². The van der Waals surface area contributed by atoms with E-state index in [1.807, 2.05) is 0 Å². The number of hydrogen-bond donors (Lipinski definition) is 4. The number of benzene rings is 1. The molecule has 20 heavy (non-hydrogen) atoms. The van der Waals surface area contributed by atoms with Gasteiger partial charge in [0.15, 0.2) is 0 Å². The van der Waals surface area contributed by atoms with Gasteiger partial charge in [0.1, 0.15) is 5.75 Å². The molecular weight excluding hydrogens is 260 g/mol. The summed E-state index contributed by atoms with van der Waals surface area (Å²) in [6.07, 6.45) is 0.777. The van der Waals surface area contributed by atoms with Gasteiger partial charge in [-0.05, 0) is 30.5 Å². The molecule has 6 heteroatoms. The first-order valence-electron chi connectivity index (χ1n) is 6.48. The average Bonchev–Trinajstić information content (AvgIpc) is 2.41. The van der Waals surface area contributed by atoms with Gasteiger partial charge in [0, 0.05) is 6.54 Å². The molecule has 1 rings (SSSR count). The molecule has 0 spiro atoms. The van der Waals surface area contributed by atoms with Crippen molar-refractivity contribution in [1.29, 1.82) is 0 Å². The van der Waals surface area contributed by atoms with E-state index in [9.17, 15) is 9.59 Å². The molecule has 0 aliphatic heterocycles. The highest BCUT2D eigenvalue weighted by Gasteiger charge is 2.19.